The van der Waals surface area contributed by atoms with Crippen molar-refractivity contribution in [3.63, 3.8) is 0 Å². The van der Waals surface area contributed by atoms with Crippen LogP contribution in [0.5, 0.6) is 5.75 Å². The maximum atomic E-state index is 5.64. The minimum Gasteiger partial charge on any atom is -0.491 e. The van der Waals surface area contributed by atoms with Gasteiger partial charge in [0.1, 0.15) is 10.8 Å². The molecule has 0 unspecified atom stereocenters. The van der Waals surface area contributed by atoms with Gasteiger partial charge in [-0.3, -0.25) is 0 Å². The smallest absolute Gasteiger partial charge is 0.212 e. The fraction of sp³-hybridized carbons (Fsp3) is 0.333. The Hall–Kier alpha value is -1.88. The number of hydrogen-bond acceptors (Lipinski definition) is 4. The van der Waals surface area contributed by atoms with Crippen LogP contribution in [-0.2, 0) is 6.42 Å². The van der Waals surface area contributed by atoms with Crippen molar-refractivity contribution < 1.29 is 4.74 Å². The first kappa shape index (κ1) is 13.1. The highest BCUT2D eigenvalue weighted by Crippen LogP contribution is 2.24. The van der Waals surface area contributed by atoms with Gasteiger partial charge in [0.2, 0.25) is 4.96 Å². The first-order valence-corrected chi connectivity index (χ1v) is 7.59. The topological polar surface area (TPSA) is 39.4 Å². The lowest BCUT2D eigenvalue weighted by Crippen LogP contribution is -2.05. The van der Waals surface area contributed by atoms with Gasteiger partial charge in [0.15, 0.2) is 0 Å². The van der Waals surface area contributed by atoms with Crippen LogP contribution in [-0.4, -0.2) is 20.7 Å². The van der Waals surface area contributed by atoms with E-state index in [4.69, 9.17) is 4.74 Å². The number of hydrogen-bond donors (Lipinski definition) is 0. The molecule has 2 aromatic heterocycles. The number of rotatable bonds is 4. The van der Waals surface area contributed by atoms with Gasteiger partial charge in [-0.1, -0.05) is 18.3 Å². The first-order valence-electron chi connectivity index (χ1n) is 6.78. The largest absolute Gasteiger partial charge is 0.491 e. The quantitative estimate of drug-likeness (QED) is 0.732. The van der Waals surface area contributed by atoms with E-state index in [1.165, 1.54) is 0 Å². The Bertz CT molecular complexity index is 681. The summed E-state index contributed by atoms with van der Waals surface area (Å²) in [6, 6.07) is 8.02. The average molecular weight is 287 g/mol. The van der Waals surface area contributed by atoms with Crippen molar-refractivity contribution in [3.05, 3.63) is 35.5 Å². The molecule has 3 aromatic rings. The molecule has 2 heterocycles. The molecule has 5 heteroatoms. The molecule has 0 saturated heterocycles. The molecule has 4 nitrogen and oxygen atoms in total. The van der Waals surface area contributed by atoms with E-state index in [9.17, 15) is 0 Å². The monoisotopic (exact) mass is 287 g/mol. The zero-order valence-corrected chi connectivity index (χ0v) is 12.6. The van der Waals surface area contributed by atoms with Gasteiger partial charge in [-0.05, 0) is 44.5 Å². The van der Waals surface area contributed by atoms with Gasteiger partial charge in [-0.2, -0.15) is 5.10 Å². The van der Waals surface area contributed by atoms with Crippen molar-refractivity contribution in [2.24, 2.45) is 0 Å². The number of ether oxygens (including phenoxy) is 1. The fourth-order valence-electron chi connectivity index (χ4n) is 2.00. The molecule has 0 spiro atoms. The SMILES string of the molecule is CCc1nn2cc(-c3ccc(OC(C)C)cc3)nc2s1. The van der Waals surface area contributed by atoms with E-state index in [0.29, 0.717) is 0 Å². The summed E-state index contributed by atoms with van der Waals surface area (Å²) in [5.41, 5.74) is 2.03. The van der Waals surface area contributed by atoms with E-state index in [1.807, 2.05) is 48.8 Å². The summed E-state index contributed by atoms with van der Waals surface area (Å²) >= 11 is 1.64. The van der Waals surface area contributed by atoms with Crippen LogP contribution in [0.25, 0.3) is 16.2 Å². The van der Waals surface area contributed by atoms with Crippen molar-refractivity contribution in [3.8, 4) is 17.0 Å². The normalized spacial score (nSPS) is 11.4. The molecule has 0 N–H and O–H groups in total. The Morgan fingerprint density at radius 1 is 1.25 bits per heavy atom. The molecule has 0 aliphatic carbocycles. The molecule has 0 aliphatic rings. The molecule has 0 atom stereocenters. The summed E-state index contributed by atoms with van der Waals surface area (Å²) in [7, 11) is 0. The second-order valence-corrected chi connectivity index (χ2v) is 5.93. The highest BCUT2D eigenvalue weighted by Gasteiger charge is 2.09. The lowest BCUT2D eigenvalue weighted by Gasteiger charge is -2.09. The molecule has 1 aromatic carbocycles. The van der Waals surface area contributed by atoms with Crippen molar-refractivity contribution in [1.82, 2.24) is 14.6 Å². The number of aryl methyl sites for hydroxylation is 1. The van der Waals surface area contributed by atoms with Crippen LogP contribution in [0.15, 0.2) is 30.5 Å². The van der Waals surface area contributed by atoms with Crippen LogP contribution in [0.1, 0.15) is 25.8 Å². The Morgan fingerprint density at radius 3 is 2.60 bits per heavy atom. The van der Waals surface area contributed by atoms with E-state index >= 15 is 0 Å². The van der Waals surface area contributed by atoms with Crippen molar-refractivity contribution >= 4 is 16.3 Å². The Balaban J connectivity index is 1.88. The number of fused-ring (bicyclic) bond motifs is 1. The molecular formula is C15H17N3OS. The third kappa shape index (κ3) is 2.54. The summed E-state index contributed by atoms with van der Waals surface area (Å²) in [6.45, 7) is 6.15. The van der Waals surface area contributed by atoms with Gasteiger partial charge < -0.3 is 4.74 Å². The molecule has 0 aliphatic heterocycles. The van der Waals surface area contributed by atoms with Crippen molar-refractivity contribution in [2.45, 2.75) is 33.3 Å². The lowest BCUT2D eigenvalue weighted by atomic mass is 10.1. The van der Waals surface area contributed by atoms with E-state index < -0.39 is 0 Å². The molecule has 0 radical (unpaired) electrons. The Labute approximate surface area is 122 Å². The van der Waals surface area contributed by atoms with E-state index in [1.54, 1.807) is 11.3 Å². The van der Waals surface area contributed by atoms with Gasteiger partial charge in [-0.25, -0.2) is 9.50 Å². The third-order valence-corrected chi connectivity index (χ3v) is 3.98. The van der Waals surface area contributed by atoms with Crippen LogP contribution >= 0.6 is 11.3 Å². The van der Waals surface area contributed by atoms with Gasteiger partial charge in [0.05, 0.1) is 18.0 Å². The summed E-state index contributed by atoms with van der Waals surface area (Å²) in [6.07, 6.45) is 3.11. The second-order valence-electron chi connectivity index (χ2n) is 4.89. The molecular weight excluding hydrogens is 270 g/mol. The molecule has 104 valence electrons. The molecule has 20 heavy (non-hydrogen) atoms. The van der Waals surface area contributed by atoms with Crippen molar-refractivity contribution in [1.29, 1.82) is 0 Å². The average Bonchev–Trinajstić information content (AvgIpc) is 2.96. The molecule has 0 bridgehead atoms. The molecule has 3 rings (SSSR count). The summed E-state index contributed by atoms with van der Waals surface area (Å²) in [5.74, 6) is 0.885. The maximum absolute atomic E-state index is 5.64. The minimum atomic E-state index is 0.190. The summed E-state index contributed by atoms with van der Waals surface area (Å²) in [4.78, 5) is 5.56. The Morgan fingerprint density at radius 2 is 2.00 bits per heavy atom. The van der Waals surface area contributed by atoms with Crippen LogP contribution < -0.4 is 4.74 Å². The van der Waals surface area contributed by atoms with Crippen LogP contribution in [0.3, 0.4) is 0 Å². The molecule has 0 saturated carbocycles. The van der Waals surface area contributed by atoms with E-state index in [2.05, 4.69) is 17.0 Å². The van der Waals surface area contributed by atoms with Crippen LogP contribution in [0.4, 0.5) is 0 Å². The highest BCUT2D eigenvalue weighted by atomic mass is 32.1. The maximum Gasteiger partial charge on any atom is 0.212 e. The second kappa shape index (κ2) is 5.25. The van der Waals surface area contributed by atoms with Gasteiger partial charge in [0, 0.05) is 5.56 Å². The number of aromatic nitrogens is 3. The predicted molar refractivity (Wildman–Crippen MR) is 81.4 cm³/mol. The highest BCUT2D eigenvalue weighted by molar-refractivity contribution is 7.16. The molecule has 0 amide bonds. The lowest BCUT2D eigenvalue weighted by molar-refractivity contribution is 0.242. The van der Waals surface area contributed by atoms with Gasteiger partial charge in [0.25, 0.3) is 0 Å². The summed E-state index contributed by atoms with van der Waals surface area (Å²) in [5, 5.41) is 5.59. The Kier molecular flexibility index (Phi) is 3.44. The fourth-order valence-corrected chi connectivity index (χ4v) is 2.81. The van der Waals surface area contributed by atoms with Gasteiger partial charge >= 0.3 is 0 Å². The third-order valence-electron chi connectivity index (χ3n) is 2.91. The number of imidazole rings is 1. The summed E-state index contributed by atoms with van der Waals surface area (Å²) < 4.78 is 7.50. The van der Waals surface area contributed by atoms with Crippen LogP contribution in [0.2, 0.25) is 0 Å². The standard InChI is InChI=1S/C15H17N3OS/c1-4-14-17-18-9-13(16-15(18)20-14)11-5-7-12(8-6-11)19-10(2)3/h5-10H,4H2,1-3H3. The van der Waals surface area contributed by atoms with Gasteiger partial charge in [-0.15, -0.1) is 0 Å². The van der Waals surface area contributed by atoms with E-state index in [0.717, 1.165) is 33.4 Å². The predicted octanol–water partition coefficient (Wildman–Crippen LogP) is 3.81. The minimum absolute atomic E-state index is 0.190. The zero-order valence-electron chi connectivity index (χ0n) is 11.8. The number of nitrogens with zero attached hydrogens (tertiary/aromatic N) is 3. The van der Waals surface area contributed by atoms with E-state index in [-0.39, 0.29) is 6.10 Å². The first-order chi connectivity index (χ1) is 9.65. The zero-order chi connectivity index (χ0) is 14.1. The van der Waals surface area contributed by atoms with Crippen molar-refractivity contribution in [2.75, 3.05) is 0 Å². The van der Waals surface area contributed by atoms with Crippen LogP contribution in [0, 0.1) is 0 Å². The number of benzene rings is 1. The molecule has 0 fully saturated rings.